The van der Waals surface area contributed by atoms with Gasteiger partial charge in [0.05, 0.1) is 28.3 Å². The lowest BCUT2D eigenvalue weighted by Gasteiger charge is -2.54. The Kier molecular flexibility index (Phi) is 15.6. The summed E-state index contributed by atoms with van der Waals surface area (Å²) in [6, 6.07) is 24.1. The Morgan fingerprint density at radius 2 is 0.987 bits per heavy atom. The number of hydrogen-bond donors (Lipinski definition) is 1. The minimum Gasteiger partial charge on any atom is -0.483 e. The summed E-state index contributed by atoms with van der Waals surface area (Å²) in [6.07, 6.45) is 2.72. The van der Waals surface area contributed by atoms with E-state index in [9.17, 15) is 56.2 Å². The number of ether oxygens (including phenoxy) is 2. The number of halogens is 4. The van der Waals surface area contributed by atoms with Crippen molar-refractivity contribution >= 4 is 29.2 Å². The van der Waals surface area contributed by atoms with Gasteiger partial charge in [0.15, 0.2) is 34.5 Å². The van der Waals surface area contributed by atoms with Gasteiger partial charge in [-0.3, -0.25) is 33.6 Å². The normalized spacial score (nSPS) is 18.0. The van der Waals surface area contributed by atoms with Crippen LogP contribution in [-0.4, -0.2) is 84.5 Å². The van der Waals surface area contributed by atoms with Gasteiger partial charge in [-0.15, -0.1) is 0 Å². The minimum atomic E-state index is -0.790. The highest BCUT2D eigenvalue weighted by Gasteiger charge is 2.54. The number of ketones is 3. The number of aromatic nitrogens is 2. The number of Topliss-reactive ketones (excluding diaryl/α,β-unsaturated/α-hetero) is 3. The van der Waals surface area contributed by atoms with Gasteiger partial charge in [0.1, 0.15) is 42.3 Å². The average molecular weight is 1070 g/mol. The molecule has 2 saturated carbocycles. The molecule has 2 amide bonds. The van der Waals surface area contributed by atoms with Crippen LogP contribution in [-0.2, 0) is 41.9 Å². The van der Waals surface area contributed by atoms with Crippen LogP contribution in [0.3, 0.4) is 0 Å². The number of aryl methyl sites for hydroxylation is 2. The number of hydrogen-bond acceptors (Lipinski definition) is 10. The summed E-state index contributed by atoms with van der Waals surface area (Å²) in [6.45, 7) is 8.06. The number of fused-ring (bicyclic) bond motifs is 4. The van der Waals surface area contributed by atoms with Crippen molar-refractivity contribution in [3.63, 3.8) is 0 Å². The molecule has 0 saturated heterocycles. The van der Waals surface area contributed by atoms with E-state index < -0.39 is 68.8 Å². The number of nitrogens with zero attached hydrogens (tertiary/aromatic N) is 4. The van der Waals surface area contributed by atoms with Crippen LogP contribution in [0.25, 0.3) is 0 Å². The molecule has 406 valence electrons. The summed E-state index contributed by atoms with van der Waals surface area (Å²) >= 11 is 0. The molecule has 78 heavy (non-hydrogen) atoms. The number of amides is 2. The van der Waals surface area contributed by atoms with Crippen LogP contribution in [0.15, 0.2) is 119 Å². The van der Waals surface area contributed by atoms with Gasteiger partial charge in [-0.2, -0.15) is 0 Å². The van der Waals surface area contributed by atoms with Crippen LogP contribution in [0.1, 0.15) is 130 Å². The third-order valence-electron chi connectivity index (χ3n) is 15.1. The van der Waals surface area contributed by atoms with Gasteiger partial charge in [0.2, 0.25) is 10.9 Å². The Bertz CT molecular complexity index is 3460. The molecular formula is C60H58F4N4O10. The van der Waals surface area contributed by atoms with Crippen molar-refractivity contribution < 1.29 is 56.1 Å². The van der Waals surface area contributed by atoms with E-state index in [1.807, 2.05) is 88.4 Å². The molecule has 2 spiro atoms. The molecule has 1 N–H and O–H groups in total. The molecule has 4 aromatic carbocycles. The smallest absolute Gasteiger partial charge is 0.274 e. The first-order valence-electron chi connectivity index (χ1n) is 25.9. The zero-order chi connectivity index (χ0) is 55.8. The molecule has 4 heterocycles. The molecule has 2 aromatic heterocycles. The third kappa shape index (κ3) is 10.8. The second-order valence-corrected chi connectivity index (χ2v) is 21.2. The standard InChI is InChI=1S/C30H30F2N2O5.C30H28F2N2O5/c2*1-18(2)33-17-30(13-22(35)14-30)34-15-23(25(36)11-9-20-8-10-21(31)12-24(20)32)27(37)28(26(34)29(33)38)39-16-19-6-4-3-5-7-19/h3-8,10,12,15,18,22,35H,9,11,13-14,16-17H2,1-2H3;3-8,10,12,15,18H,9,11,13-14,16-17H2,1-2H3. The van der Waals surface area contributed by atoms with Crippen molar-refractivity contribution in [3.8, 4) is 11.5 Å². The lowest BCUT2D eigenvalue weighted by Crippen LogP contribution is -2.63. The number of rotatable bonds is 16. The summed E-state index contributed by atoms with van der Waals surface area (Å²) in [7, 11) is 0. The minimum absolute atomic E-state index is 0.00605. The van der Waals surface area contributed by atoms with E-state index in [0.717, 1.165) is 35.4 Å². The zero-order valence-electron chi connectivity index (χ0n) is 43.5. The Morgan fingerprint density at radius 3 is 1.36 bits per heavy atom. The number of carbonyl (C=O) groups excluding carboxylic acids is 5. The fourth-order valence-electron chi connectivity index (χ4n) is 10.8. The van der Waals surface area contributed by atoms with E-state index in [-0.39, 0.29) is 127 Å². The molecule has 2 aliphatic carbocycles. The fraction of sp³-hybridized carbons (Fsp3) is 0.350. The number of aliphatic hydroxyl groups excluding tert-OH is 1. The second-order valence-electron chi connectivity index (χ2n) is 21.2. The van der Waals surface area contributed by atoms with Crippen molar-refractivity contribution in [1.29, 1.82) is 0 Å². The lowest BCUT2D eigenvalue weighted by molar-refractivity contribution is -0.133. The highest BCUT2D eigenvalue weighted by molar-refractivity contribution is 6.02. The maximum absolute atomic E-state index is 14.2. The van der Waals surface area contributed by atoms with Crippen molar-refractivity contribution in [1.82, 2.24) is 18.9 Å². The van der Waals surface area contributed by atoms with Gasteiger partial charge in [0.25, 0.3) is 11.8 Å². The van der Waals surface area contributed by atoms with Gasteiger partial charge >= 0.3 is 0 Å². The van der Waals surface area contributed by atoms with E-state index in [2.05, 4.69) is 0 Å². The number of pyridine rings is 2. The Balaban J connectivity index is 0.000000190. The first-order chi connectivity index (χ1) is 37.2. The van der Waals surface area contributed by atoms with Gasteiger partial charge in [-0.1, -0.05) is 72.8 Å². The van der Waals surface area contributed by atoms with E-state index in [0.29, 0.717) is 19.4 Å². The second kappa shape index (κ2) is 22.2. The van der Waals surface area contributed by atoms with Gasteiger partial charge in [-0.25, -0.2) is 17.6 Å². The summed E-state index contributed by atoms with van der Waals surface area (Å²) in [5.74, 6) is -5.33. The molecule has 6 aromatic rings. The maximum Gasteiger partial charge on any atom is 0.274 e. The average Bonchev–Trinajstić information content (AvgIpc) is 3.59. The lowest BCUT2D eigenvalue weighted by atomic mass is 9.71. The molecule has 0 bridgehead atoms. The van der Waals surface area contributed by atoms with Gasteiger partial charge < -0.3 is 33.5 Å². The summed E-state index contributed by atoms with van der Waals surface area (Å²) in [4.78, 5) is 96.9. The van der Waals surface area contributed by atoms with Crippen molar-refractivity contribution in [3.05, 3.63) is 198 Å². The largest absolute Gasteiger partial charge is 0.483 e. The quantitative estimate of drug-likeness (QED) is 0.0730. The molecule has 2 fully saturated rings. The van der Waals surface area contributed by atoms with Gasteiger partial charge in [0, 0.05) is 75.4 Å². The molecule has 0 radical (unpaired) electrons. The van der Waals surface area contributed by atoms with Crippen LogP contribution < -0.4 is 20.3 Å². The highest BCUT2D eigenvalue weighted by atomic mass is 19.1. The molecular weight excluding hydrogens is 1010 g/mol. The fourth-order valence-corrected chi connectivity index (χ4v) is 10.8. The number of carbonyl (C=O) groups is 5. The Hall–Kier alpha value is -7.99. The van der Waals surface area contributed by atoms with Crippen LogP contribution >= 0.6 is 0 Å². The first kappa shape index (κ1) is 54.8. The van der Waals surface area contributed by atoms with E-state index in [4.69, 9.17) is 9.47 Å². The summed E-state index contributed by atoms with van der Waals surface area (Å²) in [5.41, 5.74) is -1.38. The molecule has 0 unspecified atom stereocenters. The van der Waals surface area contributed by atoms with Crippen LogP contribution in [0.5, 0.6) is 11.5 Å². The Morgan fingerprint density at radius 1 is 0.590 bits per heavy atom. The highest BCUT2D eigenvalue weighted by Crippen LogP contribution is 2.46. The third-order valence-corrected chi connectivity index (χ3v) is 15.1. The maximum atomic E-state index is 14.2. The number of benzene rings is 4. The van der Waals surface area contributed by atoms with E-state index in [1.165, 1.54) is 24.5 Å². The molecule has 10 rings (SSSR count). The van der Waals surface area contributed by atoms with Gasteiger partial charge in [-0.05, 0) is 87.8 Å². The number of aliphatic hydroxyl groups is 1. The topological polar surface area (TPSA) is 175 Å². The van der Waals surface area contributed by atoms with E-state index >= 15 is 0 Å². The monoisotopic (exact) mass is 1070 g/mol. The molecule has 18 heteroatoms. The van der Waals surface area contributed by atoms with Crippen LogP contribution in [0, 0.1) is 23.3 Å². The van der Waals surface area contributed by atoms with E-state index in [1.54, 1.807) is 18.9 Å². The van der Waals surface area contributed by atoms with Crippen LogP contribution in [0.4, 0.5) is 17.6 Å². The van der Waals surface area contributed by atoms with Crippen molar-refractivity contribution in [2.45, 2.75) is 122 Å². The molecule has 4 aliphatic rings. The summed E-state index contributed by atoms with van der Waals surface area (Å²) < 4.78 is 70.1. The SMILES string of the molecule is CC(C)N1CC2(CC(=O)C2)n2cc(C(=O)CCc3ccc(F)cc3F)c(=O)c(OCc3ccccc3)c2C1=O.CC(C)N1CC2(CC(O)C2)n2cc(C(=O)CCc3ccc(F)cc3F)c(=O)c(OCc3ccccc3)c2C1=O. The van der Waals surface area contributed by atoms with Crippen molar-refractivity contribution in [2.75, 3.05) is 13.1 Å². The molecule has 2 aliphatic heterocycles. The Labute approximate surface area is 446 Å². The molecule has 14 nitrogen and oxygen atoms in total. The molecule has 0 atom stereocenters. The first-order valence-corrected chi connectivity index (χ1v) is 25.9. The predicted molar refractivity (Wildman–Crippen MR) is 279 cm³/mol. The van der Waals surface area contributed by atoms with Crippen molar-refractivity contribution in [2.24, 2.45) is 0 Å². The van der Waals surface area contributed by atoms with Crippen LogP contribution in [0.2, 0.25) is 0 Å². The summed E-state index contributed by atoms with van der Waals surface area (Å²) in [5, 5.41) is 10.3. The zero-order valence-corrected chi connectivity index (χ0v) is 43.5. The predicted octanol–water partition coefficient (Wildman–Crippen LogP) is 8.68.